The van der Waals surface area contributed by atoms with Crippen LogP contribution in [-0.2, 0) is 29.0 Å². The van der Waals surface area contributed by atoms with Crippen LogP contribution in [0.3, 0.4) is 0 Å². The topological polar surface area (TPSA) is 81.2 Å². The molecule has 0 fully saturated rings. The van der Waals surface area contributed by atoms with Crippen molar-refractivity contribution in [1.82, 2.24) is 15.3 Å². The first-order valence-electron chi connectivity index (χ1n) is 14.0. The van der Waals surface area contributed by atoms with E-state index >= 15 is 4.39 Å². The molecule has 214 valence electrons. The van der Waals surface area contributed by atoms with Gasteiger partial charge < -0.3 is 10.1 Å². The number of pyridine rings is 2. The lowest BCUT2D eigenvalue weighted by Gasteiger charge is -2.09. The maximum atomic E-state index is 15.1. The third-order valence-corrected chi connectivity index (χ3v) is 7.90. The second-order valence-corrected chi connectivity index (χ2v) is 11.4. The number of ether oxygens (including phenoxy) is 1. The molecule has 0 aliphatic rings. The quantitative estimate of drug-likeness (QED) is 0.115. The average molecular weight is 582 g/mol. The van der Waals surface area contributed by atoms with E-state index in [1.54, 1.807) is 18.3 Å². The lowest BCUT2D eigenvalue weighted by molar-refractivity contribution is -0.126. The molecule has 0 saturated heterocycles. The molecular weight excluding hydrogens is 549 g/mol. The van der Waals surface area contributed by atoms with Crippen LogP contribution in [0, 0.1) is 12.7 Å². The van der Waals surface area contributed by atoms with Crippen molar-refractivity contribution in [2.24, 2.45) is 0 Å². The Morgan fingerprint density at radius 3 is 2.33 bits per heavy atom. The van der Waals surface area contributed by atoms with Gasteiger partial charge in [-0.15, -0.1) is 11.3 Å². The smallest absolute Gasteiger partial charge is 0.166 e. The van der Waals surface area contributed by atoms with Crippen LogP contribution in [0.5, 0.6) is 11.5 Å². The number of fused-ring (bicyclic) bond motifs is 1. The molecule has 5 rings (SSSR count). The zero-order valence-electron chi connectivity index (χ0n) is 23.7. The number of thiophene rings is 1. The van der Waals surface area contributed by atoms with Gasteiger partial charge in [-0.25, -0.2) is 4.39 Å². The number of halogens is 1. The number of carbonyl (C=O) groups excluding carboxylic acids is 2. The van der Waals surface area contributed by atoms with Crippen LogP contribution in [0.4, 0.5) is 4.39 Å². The first kappa shape index (κ1) is 29.2. The normalized spacial score (nSPS) is 11.1. The van der Waals surface area contributed by atoms with Crippen molar-refractivity contribution >= 4 is 33.1 Å². The maximum Gasteiger partial charge on any atom is 0.166 e. The number of benzene rings is 2. The molecule has 5 aromatic rings. The Hall–Kier alpha value is -4.27. The third-order valence-electron chi connectivity index (χ3n) is 6.74. The van der Waals surface area contributed by atoms with E-state index in [1.807, 2.05) is 49.5 Å². The number of aromatic nitrogens is 2. The average Bonchev–Trinajstić information content (AvgIpc) is 3.41. The first-order valence-corrected chi connectivity index (χ1v) is 14.8. The fourth-order valence-corrected chi connectivity index (χ4v) is 5.61. The first-order chi connectivity index (χ1) is 20.4. The monoisotopic (exact) mass is 581 g/mol. The SMILES string of the molecule is CCCNCc1ccc(-c2cc3nccc(Oc4ccc(CC(=O)CC(=O)Cc5ccc(C)cc5)cc4F)c3s2)nc1. The Kier molecular flexibility index (Phi) is 9.46. The minimum Gasteiger partial charge on any atom is -0.453 e. The number of aryl methyl sites for hydroxylation is 1. The summed E-state index contributed by atoms with van der Waals surface area (Å²) in [7, 11) is 0. The second kappa shape index (κ2) is 13.6. The Morgan fingerprint density at radius 1 is 0.881 bits per heavy atom. The molecule has 42 heavy (non-hydrogen) atoms. The van der Waals surface area contributed by atoms with Crippen molar-refractivity contribution in [1.29, 1.82) is 0 Å². The van der Waals surface area contributed by atoms with Crippen LogP contribution in [0.15, 0.2) is 79.1 Å². The molecule has 0 bridgehead atoms. The lowest BCUT2D eigenvalue weighted by atomic mass is 10.0. The minimum atomic E-state index is -0.582. The van der Waals surface area contributed by atoms with E-state index < -0.39 is 5.82 Å². The number of carbonyl (C=O) groups is 2. The Labute approximate surface area is 248 Å². The zero-order chi connectivity index (χ0) is 29.5. The van der Waals surface area contributed by atoms with Crippen molar-refractivity contribution in [3.8, 4) is 22.1 Å². The molecule has 0 unspecified atom stereocenters. The van der Waals surface area contributed by atoms with Crippen LogP contribution < -0.4 is 10.1 Å². The van der Waals surface area contributed by atoms with Gasteiger partial charge in [0.25, 0.3) is 0 Å². The summed E-state index contributed by atoms with van der Waals surface area (Å²) < 4.78 is 21.8. The number of nitrogens with one attached hydrogen (secondary N) is 1. The molecule has 0 amide bonds. The van der Waals surface area contributed by atoms with Crippen molar-refractivity contribution < 1.29 is 18.7 Å². The Morgan fingerprint density at radius 2 is 1.62 bits per heavy atom. The standard InChI is InChI=1S/C34H32FN3O3S/c1-3-13-36-20-25-8-10-29(38-21-25)33-19-30-34(42-33)32(12-14-37-30)41-31-11-9-24(17-28(31)35)16-27(40)18-26(39)15-23-6-4-22(2)5-7-23/h4-12,14,17,19,21,36H,3,13,15-16,18,20H2,1-2H3. The van der Waals surface area contributed by atoms with E-state index in [-0.39, 0.29) is 36.6 Å². The number of Topliss-reactive ketones (excluding diaryl/α,β-unsaturated/α-hetero) is 2. The van der Waals surface area contributed by atoms with E-state index in [0.717, 1.165) is 57.0 Å². The highest BCUT2D eigenvalue weighted by atomic mass is 32.1. The third kappa shape index (κ3) is 7.51. The lowest BCUT2D eigenvalue weighted by Crippen LogP contribution is -2.13. The summed E-state index contributed by atoms with van der Waals surface area (Å²) in [4.78, 5) is 34.9. The molecule has 0 atom stereocenters. The van der Waals surface area contributed by atoms with E-state index in [2.05, 4.69) is 28.3 Å². The molecule has 6 nitrogen and oxygen atoms in total. The fourth-order valence-electron chi connectivity index (χ4n) is 4.57. The molecule has 8 heteroatoms. The number of hydrogen-bond acceptors (Lipinski definition) is 7. The van der Waals surface area contributed by atoms with Gasteiger partial charge in [0.1, 0.15) is 17.3 Å². The van der Waals surface area contributed by atoms with Gasteiger partial charge in [-0.1, -0.05) is 48.9 Å². The summed E-state index contributed by atoms with van der Waals surface area (Å²) in [5, 5.41) is 3.37. The molecule has 1 N–H and O–H groups in total. The summed E-state index contributed by atoms with van der Waals surface area (Å²) in [6, 6.07) is 19.8. The number of ketones is 2. The summed E-state index contributed by atoms with van der Waals surface area (Å²) in [5.41, 5.74) is 5.16. The van der Waals surface area contributed by atoms with Crippen LogP contribution >= 0.6 is 11.3 Å². The minimum absolute atomic E-state index is 0.0227. The van der Waals surface area contributed by atoms with Crippen molar-refractivity contribution in [2.45, 2.75) is 46.1 Å². The molecule has 0 spiro atoms. The molecule has 0 radical (unpaired) electrons. The van der Waals surface area contributed by atoms with Gasteiger partial charge in [0, 0.05) is 37.8 Å². The van der Waals surface area contributed by atoms with Gasteiger partial charge in [-0.3, -0.25) is 19.6 Å². The van der Waals surface area contributed by atoms with E-state index in [0.29, 0.717) is 11.3 Å². The molecular formula is C34H32FN3O3S. The van der Waals surface area contributed by atoms with Gasteiger partial charge in [-0.05, 0) is 60.8 Å². The highest BCUT2D eigenvalue weighted by Crippen LogP contribution is 2.39. The van der Waals surface area contributed by atoms with Gasteiger partial charge in [0.05, 0.1) is 27.2 Å². The number of rotatable bonds is 13. The molecule has 3 aromatic heterocycles. The predicted octanol–water partition coefficient (Wildman–Crippen LogP) is 7.41. The molecule has 3 heterocycles. The van der Waals surface area contributed by atoms with Crippen LogP contribution in [0.2, 0.25) is 0 Å². The summed E-state index contributed by atoms with van der Waals surface area (Å²) in [6.07, 6.45) is 4.57. The van der Waals surface area contributed by atoms with E-state index in [1.165, 1.54) is 23.5 Å². The summed E-state index contributed by atoms with van der Waals surface area (Å²) in [5.74, 6) is -0.452. The largest absolute Gasteiger partial charge is 0.453 e. The Balaban J connectivity index is 1.23. The molecule has 0 saturated carbocycles. The van der Waals surface area contributed by atoms with E-state index in [4.69, 9.17) is 4.74 Å². The van der Waals surface area contributed by atoms with Gasteiger partial charge >= 0.3 is 0 Å². The number of hydrogen-bond donors (Lipinski definition) is 1. The van der Waals surface area contributed by atoms with Gasteiger partial charge in [0.2, 0.25) is 0 Å². The second-order valence-electron chi connectivity index (χ2n) is 10.3. The Bertz CT molecular complexity index is 1700. The zero-order valence-corrected chi connectivity index (χ0v) is 24.5. The highest BCUT2D eigenvalue weighted by Gasteiger charge is 2.16. The maximum absolute atomic E-state index is 15.1. The van der Waals surface area contributed by atoms with Crippen molar-refractivity contribution in [3.63, 3.8) is 0 Å². The molecule has 2 aromatic carbocycles. The summed E-state index contributed by atoms with van der Waals surface area (Å²) in [6.45, 7) is 5.85. The summed E-state index contributed by atoms with van der Waals surface area (Å²) >= 11 is 1.48. The highest BCUT2D eigenvalue weighted by molar-refractivity contribution is 7.22. The van der Waals surface area contributed by atoms with Gasteiger partial charge in [0.15, 0.2) is 11.6 Å². The van der Waals surface area contributed by atoms with Crippen LogP contribution in [0.25, 0.3) is 20.8 Å². The fraction of sp³-hybridized carbons (Fsp3) is 0.235. The molecule has 0 aliphatic heterocycles. The van der Waals surface area contributed by atoms with Crippen molar-refractivity contribution in [2.75, 3.05) is 6.54 Å². The van der Waals surface area contributed by atoms with Gasteiger partial charge in [-0.2, -0.15) is 0 Å². The van der Waals surface area contributed by atoms with Crippen LogP contribution in [0.1, 0.15) is 42.0 Å². The van der Waals surface area contributed by atoms with E-state index in [9.17, 15) is 9.59 Å². The number of nitrogens with zero attached hydrogens (tertiary/aromatic N) is 2. The predicted molar refractivity (Wildman–Crippen MR) is 165 cm³/mol. The molecule has 0 aliphatic carbocycles. The van der Waals surface area contributed by atoms with Crippen molar-refractivity contribution in [3.05, 3.63) is 107 Å². The van der Waals surface area contributed by atoms with Crippen LogP contribution in [-0.4, -0.2) is 28.1 Å².